The molecule has 1 aromatic carbocycles. The van der Waals surface area contributed by atoms with E-state index in [4.69, 9.17) is 10.4 Å². The van der Waals surface area contributed by atoms with Crippen molar-refractivity contribution in [1.82, 2.24) is 9.97 Å². The number of halogens is 2. The van der Waals surface area contributed by atoms with Crippen LogP contribution in [0.15, 0.2) is 35.1 Å². The lowest BCUT2D eigenvalue weighted by Gasteiger charge is -2.22. The van der Waals surface area contributed by atoms with Crippen LogP contribution in [0.2, 0.25) is 0 Å². The highest BCUT2D eigenvalue weighted by molar-refractivity contribution is 9.10. The minimum atomic E-state index is -0.331. The maximum absolute atomic E-state index is 13.8. The quantitative estimate of drug-likeness (QED) is 0.895. The van der Waals surface area contributed by atoms with Crippen LogP contribution in [-0.2, 0) is 6.54 Å². The van der Waals surface area contributed by atoms with E-state index in [0.29, 0.717) is 11.4 Å². The highest BCUT2D eigenvalue weighted by Gasteiger charge is 2.12. The number of hydrogen-bond acceptors (Lipinski definition) is 5. The molecule has 7 heteroatoms. The van der Waals surface area contributed by atoms with Gasteiger partial charge in [0.1, 0.15) is 17.7 Å². The Morgan fingerprint density at radius 1 is 1.33 bits per heavy atom. The molecule has 0 saturated carbocycles. The number of benzene rings is 1. The van der Waals surface area contributed by atoms with Gasteiger partial charge in [-0.05, 0) is 18.2 Å². The third-order valence-corrected chi connectivity index (χ3v) is 3.31. The van der Waals surface area contributed by atoms with E-state index < -0.39 is 0 Å². The van der Waals surface area contributed by atoms with Gasteiger partial charge in [0.15, 0.2) is 5.69 Å². The van der Waals surface area contributed by atoms with Crippen LogP contribution in [0.3, 0.4) is 0 Å². The third-order valence-electron chi connectivity index (χ3n) is 2.82. The van der Waals surface area contributed by atoms with E-state index in [0.717, 1.165) is 4.47 Å². The molecule has 0 bridgehead atoms. The van der Waals surface area contributed by atoms with Gasteiger partial charge in [0.05, 0.1) is 19.0 Å². The fraction of sp³-hybridized carbons (Fsp3) is 0.214. The van der Waals surface area contributed by atoms with E-state index in [9.17, 15) is 4.39 Å². The van der Waals surface area contributed by atoms with Crippen LogP contribution in [-0.4, -0.2) is 28.2 Å². The number of nitrogens with zero attached hydrogens (tertiary/aromatic N) is 4. The van der Waals surface area contributed by atoms with Crippen LogP contribution in [0.25, 0.3) is 0 Å². The van der Waals surface area contributed by atoms with Gasteiger partial charge >= 0.3 is 0 Å². The summed E-state index contributed by atoms with van der Waals surface area (Å²) in [6.45, 7) is 0.427. The fourth-order valence-electron chi connectivity index (χ4n) is 1.81. The van der Waals surface area contributed by atoms with Crippen LogP contribution in [0.1, 0.15) is 11.3 Å². The zero-order valence-corrected chi connectivity index (χ0v) is 12.6. The Kier molecular flexibility index (Phi) is 5.20. The van der Waals surface area contributed by atoms with Crippen LogP contribution in [0.4, 0.5) is 10.2 Å². The SMILES string of the molecule is N#Cc1cnc(N(CCO)Cc2cc(Br)ccc2F)cn1. The third kappa shape index (κ3) is 3.97. The average molecular weight is 351 g/mol. The molecule has 0 aliphatic carbocycles. The number of rotatable bonds is 5. The second kappa shape index (κ2) is 7.11. The molecule has 0 atom stereocenters. The topological polar surface area (TPSA) is 73.0 Å². The van der Waals surface area contributed by atoms with Crippen LogP contribution >= 0.6 is 15.9 Å². The van der Waals surface area contributed by atoms with E-state index in [2.05, 4.69) is 25.9 Å². The molecule has 1 heterocycles. The van der Waals surface area contributed by atoms with Gasteiger partial charge in [0, 0.05) is 23.1 Å². The van der Waals surface area contributed by atoms with Crippen molar-refractivity contribution in [1.29, 1.82) is 5.26 Å². The summed E-state index contributed by atoms with van der Waals surface area (Å²) in [4.78, 5) is 9.74. The average Bonchev–Trinajstić information content (AvgIpc) is 2.50. The summed E-state index contributed by atoms with van der Waals surface area (Å²) >= 11 is 3.30. The molecule has 2 rings (SSSR count). The van der Waals surface area contributed by atoms with Gasteiger partial charge in [0.25, 0.3) is 0 Å². The predicted molar refractivity (Wildman–Crippen MR) is 79.0 cm³/mol. The van der Waals surface area contributed by atoms with Crippen molar-refractivity contribution in [3.8, 4) is 6.07 Å². The summed E-state index contributed by atoms with van der Waals surface area (Å²) in [5.41, 5.74) is 0.681. The molecule has 0 aliphatic rings. The van der Waals surface area contributed by atoms with E-state index in [1.807, 2.05) is 6.07 Å². The molecule has 0 aliphatic heterocycles. The predicted octanol–water partition coefficient (Wildman–Crippen LogP) is 2.25. The smallest absolute Gasteiger partial charge is 0.158 e. The van der Waals surface area contributed by atoms with Gasteiger partial charge in [0.2, 0.25) is 0 Å². The summed E-state index contributed by atoms with van der Waals surface area (Å²) in [6.07, 6.45) is 2.78. The summed E-state index contributed by atoms with van der Waals surface area (Å²) < 4.78 is 14.6. The zero-order valence-electron chi connectivity index (χ0n) is 11.0. The first-order chi connectivity index (χ1) is 10.1. The molecule has 1 aromatic heterocycles. The van der Waals surface area contributed by atoms with Crippen molar-refractivity contribution in [2.75, 3.05) is 18.1 Å². The van der Waals surface area contributed by atoms with Gasteiger partial charge in [-0.15, -0.1) is 0 Å². The first-order valence-electron chi connectivity index (χ1n) is 6.16. The van der Waals surface area contributed by atoms with Gasteiger partial charge in [-0.2, -0.15) is 5.26 Å². The number of aliphatic hydroxyl groups is 1. The lowest BCUT2D eigenvalue weighted by atomic mass is 10.2. The van der Waals surface area contributed by atoms with E-state index in [1.165, 1.54) is 18.5 Å². The Morgan fingerprint density at radius 2 is 2.14 bits per heavy atom. The van der Waals surface area contributed by atoms with E-state index >= 15 is 0 Å². The van der Waals surface area contributed by atoms with Crippen molar-refractivity contribution in [3.05, 3.63) is 52.1 Å². The summed E-state index contributed by atoms with van der Waals surface area (Å²) in [7, 11) is 0. The minimum absolute atomic E-state index is 0.0999. The Bertz CT molecular complexity index is 657. The minimum Gasteiger partial charge on any atom is -0.395 e. The molecule has 0 amide bonds. The maximum atomic E-state index is 13.8. The first kappa shape index (κ1) is 15.4. The Balaban J connectivity index is 2.26. The van der Waals surface area contributed by atoms with Crippen LogP contribution in [0.5, 0.6) is 0 Å². The van der Waals surface area contributed by atoms with Crippen LogP contribution < -0.4 is 4.90 Å². The Morgan fingerprint density at radius 3 is 2.76 bits per heavy atom. The second-order valence-corrected chi connectivity index (χ2v) is 5.17. The van der Waals surface area contributed by atoms with Gasteiger partial charge < -0.3 is 10.0 Å². The molecule has 0 radical (unpaired) electrons. The largest absolute Gasteiger partial charge is 0.395 e. The van der Waals surface area contributed by atoms with E-state index in [-0.39, 0.29) is 31.2 Å². The van der Waals surface area contributed by atoms with Crippen molar-refractivity contribution >= 4 is 21.7 Å². The van der Waals surface area contributed by atoms with Crippen molar-refractivity contribution in [2.24, 2.45) is 0 Å². The molecule has 0 unspecified atom stereocenters. The highest BCUT2D eigenvalue weighted by atomic mass is 79.9. The first-order valence-corrected chi connectivity index (χ1v) is 6.95. The molecule has 0 spiro atoms. The standard InChI is InChI=1S/C14H12BrFN4O/c15-11-1-2-13(16)10(5-11)9-20(3-4-21)14-8-18-12(6-17)7-19-14/h1-2,5,7-8,21H,3-4,9H2. The van der Waals surface area contributed by atoms with Crippen molar-refractivity contribution in [3.63, 3.8) is 0 Å². The summed E-state index contributed by atoms with van der Waals surface area (Å²) in [5.74, 6) is 0.144. The molecule has 0 fully saturated rings. The molecule has 108 valence electrons. The molecular formula is C14H12BrFN4O. The molecule has 21 heavy (non-hydrogen) atoms. The van der Waals surface area contributed by atoms with Crippen molar-refractivity contribution < 1.29 is 9.50 Å². The Labute approximate surface area is 129 Å². The molecule has 2 aromatic rings. The van der Waals surface area contributed by atoms with Gasteiger partial charge in [-0.1, -0.05) is 15.9 Å². The zero-order chi connectivity index (χ0) is 15.2. The Hall–Kier alpha value is -2.04. The highest BCUT2D eigenvalue weighted by Crippen LogP contribution is 2.19. The normalized spacial score (nSPS) is 10.2. The molecule has 0 saturated heterocycles. The fourth-order valence-corrected chi connectivity index (χ4v) is 2.22. The summed E-state index contributed by atoms with van der Waals surface area (Å²) in [6, 6.07) is 6.56. The van der Waals surface area contributed by atoms with Gasteiger partial charge in [-0.25, -0.2) is 14.4 Å². The lowest BCUT2D eigenvalue weighted by Crippen LogP contribution is -2.27. The van der Waals surface area contributed by atoms with Gasteiger partial charge in [-0.3, -0.25) is 0 Å². The molecule has 1 N–H and O–H groups in total. The second-order valence-electron chi connectivity index (χ2n) is 4.25. The number of aliphatic hydroxyl groups excluding tert-OH is 1. The van der Waals surface area contributed by atoms with Crippen LogP contribution in [0, 0.1) is 17.1 Å². The molecular weight excluding hydrogens is 339 g/mol. The maximum Gasteiger partial charge on any atom is 0.158 e. The lowest BCUT2D eigenvalue weighted by molar-refractivity contribution is 0.301. The van der Waals surface area contributed by atoms with Crippen molar-refractivity contribution in [2.45, 2.75) is 6.54 Å². The molecule has 5 nitrogen and oxygen atoms in total. The number of anilines is 1. The monoisotopic (exact) mass is 350 g/mol. The summed E-state index contributed by atoms with van der Waals surface area (Å²) in [5, 5.41) is 17.9. The number of hydrogen-bond donors (Lipinski definition) is 1. The number of aromatic nitrogens is 2. The number of nitriles is 1. The van der Waals surface area contributed by atoms with E-state index in [1.54, 1.807) is 17.0 Å².